The summed E-state index contributed by atoms with van der Waals surface area (Å²) in [5.41, 5.74) is 1.66. The van der Waals surface area contributed by atoms with Gasteiger partial charge in [0.15, 0.2) is 0 Å². The number of hydrogen-bond acceptors (Lipinski definition) is 5. The predicted octanol–water partition coefficient (Wildman–Crippen LogP) is 6.15. The zero-order chi connectivity index (χ0) is 29.1. The van der Waals surface area contributed by atoms with Crippen molar-refractivity contribution in [3.8, 4) is 0 Å². The summed E-state index contributed by atoms with van der Waals surface area (Å²) in [6, 6.07) is 21.3. The molecule has 8 nitrogen and oxygen atoms in total. The minimum Gasteiger partial charge on any atom is -0.322 e. The van der Waals surface area contributed by atoms with Gasteiger partial charge in [-0.05, 0) is 84.4 Å². The Labute approximate surface area is 241 Å². The van der Waals surface area contributed by atoms with E-state index in [1.54, 1.807) is 0 Å². The SMILES string of the molecule is CS(=O)(=O)N(Cc1ccc(F)cc1)c1ccc(C(=O)Nc2ccc(S(=O)(=O)Nc3ccc(Cl)cc3Cl)cc2)cc1. The number of amides is 1. The maximum Gasteiger partial charge on any atom is 0.261 e. The average molecular weight is 623 g/mol. The highest BCUT2D eigenvalue weighted by Crippen LogP contribution is 2.28. The number of sulfonamides is 2. The van der Waals surface area contributed by atoms with Gasteiger partial charge in [0, 0.05) is 16.3 Å². The molecule has 4 aromatic rings. The number of carbonyl (C=O) groups excluding carboxylic acids is 1. The van der Waals surface area contributed by atoms with E-state index >= 15 is 0 Å². The lowest BCUT2D eigenvalue weighted by Crippen LogP contribution is -2.29. The molecule has 0 aromatic heterocycles. The van der Waals surface area contributed by atoms with Crippen LogP contribution >= 0.6 is 23.2 Å². The van der Waals surface area contributed by atoms with E-state index < -0.39 is 31.8 Å². The fourth-order valence-electron chi connectivity index (χ4n) is 3.63. The van der Waals surface area contributed by atoms with Gasteiger partial charge in [-0.25, -0.2) is 21.2 Å². The van der Waals surface area contributed by atoms with Crippen LogP contribution in [-0.2, 0) is 26.6 Å². The molecule has 13 heteroatoms. The Balaban J connectivity index is 1.45. The Morgan fingerprint density at radius 3 is 2.05 bits per heavy atom. The first-order valence-electron chi connectivity index (χ1n) is 11.5. The van der Waals surface area contributed by atoms with Gasteiger partial charge in [0.25, 0.3) is 15.9 Å². The van der Waals surface area contributed by atoms with Crippen LogP contribution in [0.3, 0.4) is 0 Å². The van der Waals surface area contributed by atoms with Crippen molar-refractivity contribution in [1.82, 2.24) is 0 Å². The lowest BCUT2D eigenvalue weighted by atomic mass is 10.1. The van der Waals surface area contributed by atoms with Gasteiger partial charge in [0.1, 0.15) is 5.82 Å². The van der Waals surface area contributed by atoms with Gasteiger partial charge < -0.3 is 5.32 Å². The Bertz CT molecular complexity index is 1750. The number of halogens is 3. The molecule has 0 unspecified atom stereocenters. The summed E-state index contributed by atoms with van der Waals surface area (Å²) in [5.74, 6) is -0.918. The van der Waals surface area contributed by atoms with Gasteiger partial charge in [-0.2, -0.15) is 0 Å². The minimum absolute atomic E-state index is 0.0149. The monoisotopic (exact) mass is 621 g/mol. The van der Waals surface area contributed by atoms with E-state index in [0.29, 0.717) is 22.0 Å². The molecule has 4 rings (SSSR count). The molecule has 1 amide bonds. The van der Waals surface area contributed by atoms with Crippen LogP contribution in [0.15, 0.2) is 95.9 Å². The van der Waals surface area contributed by atoms with E-state index in [0.717, 1.165) is 10.6 Å². The summed E-state index contributed by atoms with van der Waals surface area (Å²) in [6.07, 6.45) is 1.06. The van der Waals surface area contributed by atoms with E-state index in [9.17, 15) is 26.0 Å². The fraction of sp³-hybridized carbons (Fsp3) is 0.0741. The van der Waals surface area contributed by atoms with Crippen LogP contribution in [0.5, 0.6) is 0 Å². The predicted molar refractivity (Wildman–Crippen MR) is 156 cm³/mol. The standard InChI is InChI=1S/C27H22Cl2FN3O5S2/c1-39(35,36)33(17-18-2-7-21(30)8-3-18)23-11-4-19(5-12-23)27(34)31-22-9-13-24(14-10-22)40(37,38)32-26-15-6-20(28)16-25(26)29/h2-16,32H,17H2,1H3,(H,31,34). The van der Waals surface area contributed by atoms with Gasteiger partial charge in [-0.1, -0.05) is 35.3 Å². The number of hydrogen-bond donors (Lipinski definition) is 2. The number of nitrogens with zero attached hydrogens (tertiary/aromatic N) is 1. The highest BCUT2D eigenvalue weighted by Gasteiger charge is 2.19. The Morgan fingerprint density at radius 2 is 1.48 bits per heavy atom. The molecular formula is C27H22Cl2FN3O5S2. The second kappa shape index (κ2) is 11.8. The second-order valence-corrected chi connectivity index (χ2v) is 13.1. The van der Waals surface area contributed by atoms with E-state index in [2.05, 4.69) is 10.0 Å². The largest absolute Gasteiger partial charge is 0.322 e. The molecule has 0 saturated carbocycles. The van der Waals surface area contributed by atoms with Gasteiger partial charge in [-0.15, -0.1) is 0 Å². The van der Waals surface area contributed by atoms with Crippen LogP contribution in [0.2, 0.25) is 10.0 Å². The number of carbonyl (C=O) groups is 1. The summed E-state index contributed by atoms with van der Waals surface area (Å²) in [7, 11) is -7.64. The van der Waals surface area contributed by atoms with Gasteiger partial charge >= 0.3 is 0 Å². The van der Waals surface area contributed by atoms with E-state index in [1.165, 1.54) is 91.0 Å². The smallest absolute Gasteiger partial charge is 0.261 e. The summed E-state index contributed by atoms with van der Waals surface area (Å²) < 4.78 is 67.0. The zero-order valence-corrected chi connectivity index (χ0v) is 24.0. The van der Waals surface area contributed by atoms with E-state index in [1.807, 2.05) is 0 Å². The molecule has 4 aromatic carbocycles. The molecule has 0 aliphatic heterocycles. The van der Waals surface area contributed by atoms with Crippen LogP contribution in [0.4, 0.5) is 21.5 Å². The summed E-state index contributed by atoms with van der Waals surface area (Å²) in [6.45, 7) is -0.0149. The molecule has 0 fully saturated rings. The first-order valence-corrected chi connectivity index (χ1v) is 15.6. The lowest BCUT2D eigenvalue weighted by molar-refractivity contribution is 0.102. The quantitative estimate of drug-likeness (QED) is 0.233. The maximum atomic E-state index is 13.2. The molecule has 0 atom stereocenters. The topological polar surface area (TPSA) is 113 Å². The number of anilines is 3. The van der Waals surface area contributed by atoms with Crippen molar-refractivity contribution >= 4 is 66.2 Å². The summed E-state index contributed by atoms with van der Waals surface area (Å²) in [4.78, 5) is 12.7. The fourth-order valence-corrected chi connectivity index (χ4v) is 6.11. The molecule has 0 radical (unpaired) electrons. The third-order valence-corrected chi connectivity index (χ3v) is 8.72. The molecule has 0 aliphatic rings. The van der Waals surface area contributed by atoms with Crippen LogP contribution in [-0.4, -0.2) is 29.0 Å². The number of rotatable bonds is 9. The third-order valence-electron chi connectivity index (χ3n) is 5.66. The third kappa shape index (κ3) is 7.30. The van der Waals surface area contributed by atoms with Crippen molar-refractivity contribution in [3.63, 3.8) is 0 Å². The Morgan fingerprint density at radius 1 is 0.850 bits per heavy atom. The lowest BCUT2D eigenvalue weighted by Gasteiger charge is -2.22. The average Bonchev–Trinajstić information content (AvgIpc) is 2.90. The van der Waals surface area contributed by atoms with Crippen molar-refractivity contribution in [2.75, 3.05) is 20.6 Å². The van der Waals surface area contributed by atoms with Crippen LogP contribution in [0, 0.1) is 5.82 Å². The molecule has 2 N–H and O–H groups in total. The first kappa shape index (κ1) is 29.3. The van der Waals surface area contributed by atoms with Crippen molar-refractivity contribution in [2.24, 2.45) is 0 Å². The Hall–Kier alpha value is -3.64. The second-order valence-electron chi connectivity index (χ2n) is 8.65. The molecule has 0 spiro atoms. The summed E-state index contributed by atoms with van der Waals surface area (Å²) in [5, 5.41) is 3.17. The highest BCUT2D eigenvalue weighted by molar-refractivity contribution is 7.92. The molecule has 40 heavy (non-hydrogen) atoms. The van der Waals surface area contributed by atoms with E-state index in [-0.39, 0.29) is 27.7 Å². The summed E-state index contributed by atoms with van der Waals surface area (Å²) >= 11 is 11.9. The normalized spacial score (nSPS) is 11.6. The number of nitrogens with one attached hydrogen (secondary N) is 2. The van der Waals surface area contributed by atoms with Crippen molar-refractivity contribution in [3.05, 3.63) is 118 Å². The van der Waals surface area contributed by atoms with Crippen LogP contribution < -0.4 is 14.3 Å². The molecule has 0 aliphatic carbocycles. The van der Waals surface area contributed by atoms with Crippen LogP contribution in [0.1, 0.15) is 15.9 Å². The van der Waals surface area contributed by atoms with Crippen molar-refractivity contribution in [2.45, 2.75) is 11.4 Å². The first-order chi connectivity index (χ1) is 18.8. The van der Waals surface area contributed by atoms with Crippen molar-refractivity contribution in [1.29, 1.82) is 0 Å². The number of benzene rings is 4. The maximum absolute atomic E-state index is 13.2. The van der Waals surface area contributed by atoms with E-state index in [4.69, 9.17) is 23.2 Å². The van der Waals surface area contributed by atoms with Crippen molar-refractivity contribution < 1.29 is 26.0 Å². The van der Waals surface area contributed by atoms with Gasteiger partial charge in [-0.3, -0.25) is 13.8 Å². The molecular weight excluding hydrogens is 600 g/mol. The zero-order valence-electron chi connectivity index (χ0n) is 20.8. The Kier molecular flexibility index (Phi) is 8.69. The highest BCUT2D eigenvalue weighted by atomic mass is 35.5. The molecule has 0 saturated heterocycles. The van der Waals surface area contributed by atoms with Gasteiger partial charge in [0.05, 0.1) is 34.1 Å². The van der Waals surface area contributed by atoms with Gasteiger partial charge in [0.2, 0.25) is 10.0 Å². The molecule has 0 bridgehead atoms. The molecule has 208 valence electrons. The van der Waals surface area contributed by atoms with Crippen LogP contribution in [0.25, 0.3) is 0 Å². The minimum atomic E-state index is -3.96. The molecule has 0 heterocycles.